The number of hydrogen-bond acceptors (Lipinski definition) is 6. The van der Waals surface area contributed by atoms with Crippen molar-refractivity contribution in [3.8, 4) is 11.3 Å². The highest BCUT2D eigenvalue weighted by Crippen LogP contribution is 2.36. The van der Waals surface area contributed by atoms with E-state index in [0.29, 0.717) is 11.5 Å². The van der Waals surface area contributed by atoms with E-state index in [9.17, 15) is 14.4 Å². The van der Waals surface area contributed by atoms with Crippen molar-refractivity contribution >= 4 is 17.8 Å². The maximum atomic E-state index is 12.8. The van der Waals surface area contributed by atoms with Crippen LogP contribution in [0.4, 0.5) is 0 Å². The van der Waals surface area contributed by atoms with E-state index >= 15 is 0 Å². The minimum Gasteiger partial charge on any atom is -0.467 e. The lowest BCUT2D eigenvalue weighted by Gasteiger charge is -2.25. The van der Waals surface area contributed by atoms with Gasteiger partial charge in [0.2, 0.25) is 0 Å². The molecule has 1 unspecified atom stereocenters. The summed E-state index contributed by atoms with van der Waals surface area (Å²) in [5.74, 6) is -1.13. The Kier molecular flexibility index (Phi) is 4.89. The Morgan fingerprint density at radius 2 is 1.71 bits per heavy atom. The smallest absolute Gasteiger partial charge is 0.340 e. The Morgan fingerprint density at radius 3 is 2.25 bits per heavy atom. The van der Waals surface area contributed by atoms with Crippen LogP contribution in [0.25, 0.3) is 17.1 Å². The van der Waals surface area contributed by atoms with E-state index in [4.69, 9.17) is 9.47 Å². The number of carbonyl (C=O) groups excluding carboxylic acids is 2. The number of nitrogens with one attached hydrogen (secondary N) is 1. The molecule has 2 heterocycles. The van der Waals surface area contributed by atoms with Gasteiger partial charge in [0.05, 0.1) is 19.9 Å². The number of rotatable bonds is 4. The molecule has 1 atom stereocenters. The van der Waals surface area contributed by atoms with Crippen molar-refractivity contribution in [1.82, 2.24) is 14.7 Å². The standard InChI is InChI=1S/C20H23N3O5/c1-20(2,3)21-17-15(18(25)27-4)16(19(26)28-5)23-14(24)11-13(22(17)23)12-9-7-6-8-10-12/h6-11,16,21H,1-5H3. The quantitative estimate of drug-likeness (QED) is 0.807. The third-order valence-corrected chi connectivity index (χ3v) is 4.31. The molecule has 3 rings (SSSR count). The molecule has 0 amide bonds. The summed E-state index contributed by atoms with van der Waals surface area (Å²) in [6.45, 7) is 5.73. The van der Waals surface area contributed by atoms with E-state index in [2.05, 4.69) is 5.32 Å². The molecule has 0 saturated carbocycles. The van der Waals surface area contributed by atoms with Gasteiger partial charge in [-0.2, -0.15) is 0 Å². The molecular weight excluding hydrogens is 362 g/mol. The van der Waals surface area contributed by atoms with Gasteiger partial charge in [0, 0.05) is 17.2 Å². The van der Waals surface area contributed by atoms with Gasteiger partial charge in [0.15, 0.2) is 6.04 Å². The Labute approximate surface area is 162 Å². The summed E-state index contributed by atoms with van der Waals surface area (Å²) in [5, 5.41) is 3.25. The van der Waals surface area contributed by atoms with Crippen LogP contribution in [-0.2, 0) is 19.1 Å². The molecular formula is C20H23N3O5. The zero-order valence-electron chi connectivity index (χ0n) is 16.5. The number of benzene rings is 1. The summed E-state index contributed by atoms with van der Waals surface area (Å²) in [6, 6.07) is 9.44. The molecule has 1 aliphatic rings. The van der Waals surface area contributed by atoms with Gasteiger partial charge in [0.25, 0.3) is 5.56 Å². The Hall–Kier alpha value is -3.29. The van der Waals surface area contributed by atoms with Gasteiger partial charge in [-0.1, -0.05) is 30.3 Å². The van der Waals surface area contributed by atoms with Crippen LogP contribution in [0.1, 0.15) is 26.8 Å². The third-order valence-electron chi connectivity index (χ3n) is 4.31. The number of ether oxygens (including phenoxy) is 2. The van der Waals surface area contributed by atoms with E-state index in [1.807, 2.05) is 51.1 Å². The fourth-order valence-corrected chi connectivity index (χ4v) is 3.23. The minimum absolute atomic E-state index is 0.0270. The summed E-state index contributed by atoms with van der Waals surface area (Å²) in [6.07, 6.45) is 0. The Balaban J connectivity index is 2.37. The van der Waals surface area contributed by atoms with E-state index in [0.717, 1.165) is 5.56 Å². The highest BCUT2D eigenvalue weighted by Gasteiger charge is 2.44. The molecule has 0 aliphatic carbocycles. The molecule has 148 valence electrons. The van der Waals surface area contributed by atoms with Crippen LogP contribution >= 0.6 is 0 Å². The number of methoxy groups -OCH3 is 2. The van der Waals surface area contributed by atoms with E-state index in [-0.39, 0.29) is 5.57 Å². The van der Waals surface area contributed by atoms with Crippen molar-refractivity contribution in [3.63, 3.8) is 0 Å². The van der Waals surface area contributed by atoms with Crippen LogP contribution in [0.3, 0.4) is 0 Å². The molecule has 0 saturated heterocycles. The highest BCUT2D eigenvalue weighted by molar-refractivity contribution is 6.03. The van der Waals surface area contributed by atoms with Crippen molar-refractivity contribution in [2.24, 2.45) is 0 Å². The molecule has 2 aromatic rings. The van der Waals surface area contributed by atoms with E-state index in [1.54, 1.807) is 4.68 Å². The normalized spacial score (nSPS) is 16.0. The number of aromatic nitrogens is 2. The second-order valence-corrected chi connectivity index (χ2v) is 7.44. The largest absolute Gasteiger partial charge is 0.467 e. The summed E-state index contributed by atoms with van der Waals surface area (Å²) in [7, 11) is 2.44. The van der Waals surface area contributed by atoms with Gasteiger partial charge >= 0.3 is 11.9 Å². The van der Waals surface area contributed by atoms with Crippen LogP contribution in [0.2, 0.25) is 0 Å². The van der Waals surface area contributed by atoms with Gasteiger partial charge in [-0.15, -0.1) is 0 Å². The first-order valence-electron chi connectivity index (χ1n) is 8.78. The molecule has 1 aromatic carbocycles. The van der Waals surface area contributed by atoms with Crippen molar-refractivity contribution in [1.29, 1.82) is 0 Å². The van der Waals surface area contributed by atoms with Crippen LogP contribution in [0.15, 0.2) is 46.8 Å². The molecule has 0 bridgehead atoms. The zero-order valence-corrected chi connectivity index (χ0v) is 16.5. The molecule has 8 nitrogen and oxygen atoms in total. The minimum atomic E-state index is -1.24. The third kappa shape index (κ3) is 3.21. The predicted octanol–water partition coefficient (Wildman–Crippen LogP) is 1.77. The van der Waals surface area contributed by atoms with Crippen LogP contribution in [0.5, 0.6) is 0 Å². The van der Waals surface area contributed by atoms with Gasteiger partial charge in [0.1, 0.15) is 11.4 Å². The van der Waals surface area contributed by atoms with Crippen molar-refractivity contribution in [2.45, 2.75) is 32.4 Å². The second kappa shape index (κ2) is 7.03. The summed E-state index contributed by atoms with van der Waals surface area (Å²) in [5.41, 5.74) is 0.450. The molecule has 1 N–H and O–H groups in total. The summed E-state index contributed by atoms with van der Waals surface area (Å²) in [4.78, 5) is 38.0. The number of fused-ring (bicyclic) bond motifs is 1. The monoisotopic (exact) mass is 385 g/mol. The fraction of sp³-hybridized carbons (Fsp3) is 0.350. The van der Waals surface area contributed by atoms with Crippen molar-refractivity contribution in [2.75, 3.05) is 14.2 Å². The fourth-order valence-electron chi connectivity index (χ4n) is 3.23. The molecule has 28 heavy (non-hydrogen) atoms. The summed E-state index contributed by atoms with van der Waals surface area (Å²) < 4.78 is 12.6. The lowest BCUT2D eigenvalue weighted by molar-refractivity contribution is -0.146. The average molecular weight is 385 g/mol. The van der Waals surface area contributed by atoms with Crippen molar-refractivity contribution in [3.05, 3.63) is 52.3 Å². The first kappa shape index (κ1) is 19.5. The molecule has 8 heteroatoms. The van der Waals surface area contributed by atoms with Crippen LogP contribution < -0.4 is 10.9 Å². The first-order valence-corrected chi connectivity index (χ1v) is 8.78. The topological polar surface area (TPSA) is 91.6 Å². The summed E-state index contributed by atoms with van der Waals surface area (Å²) >= 11 is 0. The number of nitrogens with zero attached hydrogens (tertiary/aromatic N) is 2. The van der Waals surface area contributed by atoms with Gasteiger partial charge in [-0.25, -0.2) is 19.0 Å². The highest BCUT2D eigenvalue weighted by atomic mass is 16.5. The van der Waals surface area contributed by atoms with Crippen LogP contribution in [0, 0.1) is 0 Å². The predicted molar refractivity (Wildman–Crippen MR) is 103 cm³/mol. The Bertz CT molecular complexity index is 1010. The van der Waals surface area contributed by atoms with Crippen LogP contribution in [-0.4, -0.2) is 41.1 Å². The van der Waals surface area contributed by atoms with Gasteiger partial charge < -0.3 is 14.8 Å². The maximum absolute atomic E-state index is 12.8. The number of hydrogen-bond donors (Lipinski definition) is 1. The van der Waals surface area contributed by atoms with Gasteiger partial charge in [-0.3, -0.25) is 4.79 Å². The first-order chi connectivity index (χ1) is 13.2. The molecule has 1 aromatic heterocycles. The van der Waals surface area contributed by atoms with Gasteiger partial charge in [-0.05, 0) is 20.8 Å². The lowest BCUT2D eigenvalue weighted by Crippen LogP contribution is -2.37. The molecule has 0 spiro atoms. The zero-order chi connectivity index (χ0) is 20.6. The maximum Gasteiger partial charge on any atom is 0.340 e. The average Bonchev–Trinajstić information content (AvgIpc) is 3.16. The second-order valence-electron chi connectivity index (χ2n) is 7.44. The number of carbonyl (C=O) groups is 2. The number of esters is 2. The van der Waals surface area contributed by atoms with E-state index in [1.165, 1.54) is 25.0 Å². The molecule has 0 fully saturated rings. The van der Waals surface area contributed by atoms with E-state index < -0.39 is 29.1 Å². The van der Waals surface area contributed by atoms with Crippen molar-refractivity contribution < 1.29 is 19.1 Å². The SMILES string of the molecule is COC(=O)C1=C(NC(C)(C)C)n2c(-c3ccccc3)cc(=O)n2C1C(=O)OC. The molecule has 1 aliphatic heterocycles. The molecule has 0 radical (unpaired) electrons. The Morgan fingerprint density at radius 1 is 1.07 bits per heavy atom. The lowest BCUT2D eigenvalue weighted by atomic mass is 10.1.